The molecular weight excluding hydrogens is 925 g/mol. The SMILES string of the molecule is COc1c(CC(C)(C#N)c2ccc(N(CS(=O)(=O)Nc3ccc(C(C)(CN)Cc4cc(-c5ccc[nH]c5=O)cc(C(C)(C)C)c4OC)cc3)S(C)(=O)=O)cc2)cc(-c2ccc[nH]c2=O)cc1C(C)(C)C. The lowest BCUT2D eigenvalue weighted by Crippen LogP contribution is -2.37. The number of hydrogen-bond acceptors (Lipinski definition) is 10. The van der Waals surface area contributed by atoms with Gasteiger partial charge in [0.05, 0.1) is 37.6 Å². The van der Waals surface area contributed by atoms with Crippen LogP contribution in [0.3, 0.4) is 0 Å². The standard InChI is InChI=1S/C54H64N6O8S2/c1-51(2,3)45-28-35(43-14-12-24-57-49(43)61)26-37(47(45)67-9)30-53(7,32-55)39-16-20-41(21-17-39)59-70(65,66)34-60(69(11,63)64)42-22-18-40(19-23-42)54(8,33-56)31-38-27-36(44-15-13-25-58-50(44)62)29-46(48(38)68-10)52(4,5)6/h12-29,59H,30-32,34,55H2,1-11H3,(H,57,61)(H,58,62). The van der Waals surface area contributed by atoms with Crippen LogP contribution in [0.1, 0.15) is 88.8 Å². The predicted octanol–water partition coefficient (Wildman–Crippen LogP) is 8.66. The first kappa shape index (κ1) is 52.7. The number of nitrogens with zero attached hydrogens (tertiary/aromatic N) is 2. The predicted molar refractivity (Wildman–Crippen MR) is 280 cm³/mol. The summed E-state index contributed by atoms with van der Waals surface area (Å²) in [4.78, 5) is 31.3. The number of methoxy groups -OCH3 is 2. The van der Waals surface area contributed by atoms with Gasteiger partial charge in [0, 0.05) is 52.3 Å². The molecule has 6 aromatic rings. The Morgan fingerprint density at radius 1 is 0.671 bits per heavy atom. The maximum atomic E-state index is 13.8. The van der Waals surface area contributed by atoms with Crippen LogP contribution in [-0.4, -0.2) is 59.7 Å². The molecule has 0 bridgehead atoms. The average molecular weight is 989 g/mol. The summed E-state index contributed by atoms with van der Waals surface area (Å²) < 4.78 is 69.5. The number of rotatable bonds is 17. The number of anilines is 2. The van der Waals surface area contributed by atoms with Gasteiger partial charge in [0.15, 0.2) is 5.88 Å². The number of nitrogens with one attached hydrogen (secondary N) is 3. The molecule has 6 rings (SSSR count). The number of aromatic nitrogens is 2. The normalized spacial score (nSPS) is 13.9. The highest BCUT2D eigenvalue weighted by molar-refractivity contribution is 7.96. The Balaban J connectivity index is 1.25. The van der Waals surface area contributed by atoms with Crippen LogP contribution in [0.25, 0.3) is 22.3 Å². The molecule has 0 fully saturated rings. The Kier molecular flexibility index (Phi) is 15.0. The molecule has 0 radical (unpaired) electrons. The van der Waals surface area contributed by atoms with E-state index in [0.717, 1.165) is 38.4 Å². The quantitative estimate of drug-likeness (QED) is 0.0682. The summed E-state index contributed by atoms with van der Waals surface area (Å²) in [5, 5.41) is 10.7. The van der Waals surface area contributed by atoms with Crippen LogP contribution in [0.5, 0.6) is 11.5 Å². The number of benzene rings is 4. The molecule has 2 atom stereocenters. The number of aromatic amines is 2. The number of hydrogen-bond donors (Lipinski definition) is 4. The van der Waals surface area contributed by atoms with Crippen molar-refractivity contribution in [3.8, 4) is 39.8 Å². The average Bonchev–Trinajstić information content (AvgIpc) is 3.29. The van der Waals surface area contributed by atoms with Crippen molar-refractivity contribution in [2.24, 2.45) is 5.73 Å². The van der Waals surface area contributed by atoms with Crippen molar-refractivity contribution in [2.45, 2.75) is 89.9 Å². The van der Waals surface area contributed by atoms with Gasteiger partial charge < -0.3 is 25.2 Å². The molecule has 4 aromatic carbocycles. The van der Waals surface area contributed by atoms with Gasteiger partial charge in [-0.2, -0.15) is 5.26 Å². The molecule has 0 aliphatic carbocycles. The van der Waals surface area contributed by atoms with Crippen molar-refractivity contribution in [2.75, 3.05) is 41.9 Å². The van der Waals surface area contributed by atoms with E-state index in [0.29, 0.717) is 45.7 Å². The molecule has 0 saturated carbocycles. The van der Waals surface area contributed by atoms with Gasteiger partial charge in [0.2, 0.25) is 10.0 Å². The highest BCUT2D eigenvalue weighted by Gasteiger charge is 2.34. The molecule has 2 aromatic heterocycles. The molecular formula is C54H64N6O8S2. The van der Waals surface area contributed by atoms with Crippen molar-refractivity contribution in [3.63, 3.8) is 0 Å². The Labute approximate surface area is 412 Å². The summed E-state index contributed by atoms with van der Waals surface area (Å²) >= 11 is 0. The smallest absolute Gasteiger partial charge is 0.255 e. The summed E-state index contributed by atoms with van der Waals surface area (Å²) in [6.45, 7) is 16.3. The van der Waals surface area contributed by atoms with E-state index in [2.05, 4.69) is 41.5 Å². The van der Waals surface area contributed by atoms with E-state index < -0.39 is 42.2 Å². The Hall–Kier alpha value is -6.67. The van der Waals surface area contributed by atoms with Gasteiger partial charge >= 0.3 is 0 Å². The summed E-state index contributed by atoms with van der Waals surface area (Å²) in [6.07, 6.45) is 4.67. The summed E-state index contributed by atoms with van der Waals surface area (Å²) in [5.41, 5.74) is 10.8. The molecule has 2 heterocycles. The van der Waals surface area contributed by atoms with E-state index in [1.54, 1.807) is 94.2 Å². The topological polar surface area (TPSA) is 218 Å². The number of pyridine rings is 2. The molecule has 2 unspecified atom stereocenters. The third-order valence-electron chi connectivity index (χ3n) is 12.8. The first-order valence-electron chi connectivity index (χ1n) is 22.8. The Morgan fingerprint density at radius 3 is 1.53 bits per heavy atom. The summed E-state index contributed by atoms with van der Waals surface area (Å²) in [5.74, 6) is 0.347. The summed E-state index contributed by atoms with van der Waals surface area (Å²) in [7, 11) is -5.29. The van der Waals surface area contributed by atoms with Crippen LogP contribution in [0.15, 0.2) is 119 Å². The van der Waals surface area contributed by atoms with Crippen molar-refractivity contribution >= 4 is 31.4 Å². The Morgan fingerprint density at radius 2 is 1.13 bits per heavy atom. The van der Waals surface area contributed by atoms with Crippen LogP contribution in [0.2, 0.25) is 0 Å². The van der Waals surface area contributed by atoms with Gasteiger partial charge in [-0.3, -0.25) is 18.6 Å². The van der Waals surface area contributed by atoms with E-state index >= 15 is 0 Å². The van der Waals surface area contributed by atoms with Gasteiger partial charge in [0.25, 0.3) is 21.1 Å². The lowest BCUT2D eigenvalue weighted by Gasteiger charge is -2.32. The van der Waals surface area contributed by atoms with Crippen molar-refractivity contribution in [3.05, 3.63) is 164 Å². The molecule has 0 amide bonds. The third-order valence-corrected chi connectivity index (χ3v) is 15.2. The number of sulfonamides is 2. The fraction of sp³-hybridized carbons (Fsp3) is 0.352. The summed E-state index contributed by atoms with van der Waals surface area (Å²) in [6, 6.07) is 30.2. The van der Waals surface area contributed by atoms with Crippen LogP contribution in [-0.2, 0) is 54.5 Å². The minimum atomic E-state index is -4.33. The van der Waals surface area contributed by atoms with Crippen LogP contribution in [0, 0.1) is 11.3 Å². The lowest BCUT2D eigenvalue weighted by atomic mass is 9.75. The van der Waals surface area contributed by atoms with Gasteiger partial charge in [0.1, 0.15) is 11.5 Å². The van der Waals surface area contributed by atoms with Crippen LogP contribution >= 0.6 is 0 Å². The molecule has 0 saturated heterocycles. The van der Waals surface area contributed by atoms with E-state index in [1.807, 2.05) is 52.0 Å². The fourth-order valence-corrected chi connectivity index (χ4v) is 11.5. The van der Waals surface area contributed by atoms with E-state index in [9.17, 15) is 31.7 Å². The molecule has 5 N–H and O–H groups in total. The third kappa shape index (κ3) is 11.5. The zero-order valence-electron chi connectivity index (χ0n) is 41.8. The minimum Gasteiger partial charge on any atom is -0.496 e. The van der Waals surface area contributed by atoms with Gasteiger partial charge in [-0.25, -0.2) is 16.8 Å². The molecule has 16 heteroatoms. The number of H-pyrrole nitrogens is 2. The second-order valence-electron chi connectivity index (χ2n) is 20.4. The van der Waals surface area contributed by atoms with Gasteiger partial charge in [-0.15, -0.1) is 0 Å². The first-order chi connectivity index (χ1) is 32.7. The van der Waals surface area contributed by atoms with E-state index in [1.165, 1.54) is 12.1 Å². The second kappa shape index (κ2) is 20.0. The maximum Gasteiger partial charge on any atom is 0.255 e. The largest absolute Gasteiger partial charge is 0.496 e. The number of ether oxygens (including phenoxy) is 2. The van der Waals surface area contributed by atoms with E-state index in [4.69, 9.17) is 15.2 Å². The van der Waals surface area contributed by atoms with E-state index in [-0.39, 0.29) is 40.9 Å². The van der Waals surface area contributed by atoms with Crippen molar-refractivity contribution in [1.29, 1.82) is 5.26 Å². The molecule has 14 nitrogen and oxygen atoms in total. The monoisotopic (exact) mass is 988 g/mol. The molecule has 70 heavy (non-hydrogen) atoms. The van der Waals surface area contributed by atoms with Crippen molar-refractivity contribution < 1.29 is 26.3 Å². The van der Waals surface area contributed by atoms with Gasteiger partial charge in [-0.05, 0) is 137 Å². The maximum absolute atomic E-state index is 13.8. The second-order valence-corrected chi connectivity index (χ2v) is 24.0. The molecule has 0 aliphatic heterocycles. The first-order valence-corrected chi connectivity index (χ1v) is 26.3. The highest BCUT2D eigenvalue weighted by Crippen LogP contribution is 2.43. The number of nitriles is 1. The lowest BCUT2D eigenvalue weighted by molar-refractivity contribution is 0.384. The molecule has 0 aliphatic rings. The molecule has 0 spiro atoms. The zero-order valence-corrected chi connectivity index (χ0v) is 43.4. The zero-order chi connectivity index (χ0) is 51.6. The van der Waals surface area contributed by atoms with Crippen LogP contribution < -0.4 is 35.4 Å². The van der Waals surface area contributed by atoms with Crippen molar-refractivity contribution in [1.82, 2.24) is 9.97 Å². The Bertz CT molecular complexity index is 3280. The number of nitrogens with two attached hydrogens (primary N) is 1. The van der Waals surface area contributed by atoms with Crippen LogP contribution in [0.4, 0.5) is 11.4 Å². The minimum absolute atomic E-state index is 0.0786. The molecule has 370 valence electrons. The highest BCUT2D eigenvalue weighted by atomic mass is 32.2. The van der Waals surface area contributed by atoms with Gasteiger partial charge in [-0.1, -0.05) is 72.7 Å². The fourth-order valence-electron chi connectivity index (χ4n) is 8.81.